The molecule has 1 heterocycles. The monoisotopic (exact) mass is 448 g/mol. The van der Waals surface area contributed by atoms with Crippen LogP contribution < -0.4 is 5.48 Å². The summed E-state index contributed by atoms with van der Waals surface area (Å²) in [5, 5.41) is 9.64. The van der Waals surface area contributed by atoms with Crippen LogP contribution in [0.3, 0.4) is 0 Å². The highest BCUT2D eigenvalue weighted by Gasteiger charge is 2.28. The number of esters is 1. The molecule has 9 heteroatoms. The van der Waals surface area contributed by atoms with Crippen LogP contribution >= 0.6 is 0 Å². The van der Waals surface area contributed by atoms with Crippen LogP contribution in [0.4, 0.5) is 4.39 Å². The second kappa shape index (κ2) is 9.17. The van der Waals surface area contributed by atoms with Crippen LogP contribution in [0, 0.1) is 12.7 Å². The first kappa shape index (κ1) is 22.9. The van der Waals surface area contributed by atoms with Crippen molar-refractivity contribution in [3.8, 4) is 5.69 Å². The summed E-state index contributed by atoms with van der Waals surface area (Å²) in [5.74, 6) is -1.06. The fraction of sp³-hybridized carbons (Fsp3) is 0.318. The molecule has 0 amide bonds. The summed E-state index contributed by atoms with van der Waals surface area (Å²) in [5.41, 5.74) is 5.12. The Morgan fingerprint density at radius 1 is 1.29 bits per heavy atom. The third-order valence-electron chi connectivity index (χ3n) is 5.23. The molecule has 0 spiro atoms. The molecule has 0 aliphatic heterocycles. The fourth-order valence-corrected chi connectivity index (χ4v) is 4.51. The van der Waals surface area contributed by atoms with E-state index in [0.717, 1.165) is 5.57 Å². The molecule has 1 aliphatic rings. The molecule has 2 aromatic rings. The molecule has 7 nitrogen and oxygen atoms in total. The first-order valence-corrected chi connectivity index (χ1v) is 11.7. The number of benzene rings is 1. The van der Waals surface area contributed by atoms with Gasteiger partial charge in [0.15, 0.2) is 15.9 Å². The average Bonchev–Trinajstić information content (AvgIpc) is 3.05. The number of carbonyl (C=O) groups excluding carboxylic acids is 1. The van der Waals surface area contributed by atoms with E-state index < -0.39 is 27.7 Å². The van der Waals surface area contributed by atoms with Gasteiger partial charge < -0.3 is 14.5 Å². The third-order valence-corrected chi connectivity index (χ3v) is 6.52. The van der Waals surface area contributed by atoms with Gasteiger partial charge in [0, 0.05) is 33.8 Å². The zero-order valence-electron chi connectivity index (χ0n) is 17.6. The summed E-state index contributed by atoms with van der Waals surface area (Å²) < 4.78 is 44.5. The van der Waals surface area contributed by atoms with Crippen molar-refractivity contribution in [1.29, 1.82) is 0 Å². The average molecular weight is 449 g/mol. The van der Waals surface area contributed by atoms with Crippen molar-refractivity contribution in [1.82, 2.24) is 10.0 Å². The van der Waals surface area contributed by atoms with Gasteiger partial charge in [-0.3, -0.25) is 0 Å². The number of hydroxylamine groups is 1. The minimum Gasteiger partial charge on any atom is -0.465 e. The van der Waals surface area contributed by atoms with Gasteiger partial charge in [-0.2, -0.15) is 5.48 Å². The number of allylic oxidation sites excluding steroid dienone is 4. The molecule has 0 fully saturated rings. The SMILES string of the molecule is CCOC(=O)[C@H](NO)c1cc(C2=CC=C(S(C)(=O)=O)CC2)n(-c2cccc(F)c2)c1C. The van der Waals surface area contributed by atoms with Crippen LogP contribution in [0.25, 0.3) is 11.3 Å². The van der Waals surface area contributed by atoms with Gasteiger partial charge >= 0.3 is 5.97 Å². The van der Waals surface area contributed by atoms with E-state index in [9.17, 15) is 22.8 Å². The van der Waals surface area contributed by atoms with Gasteiger partial charge in [0.2, 0.25) is 0 Å². The van der Waals surface area contributed by atoms with Crippen LogP contribution in [0.15, 0.2) is 47.4 Å². The lowest BCUT2D eigenvalue weighted by Crippen LogP contribution is -2.28. The highest BCUT2D eigenvalue weighted by atomic mass is 32.2. The second-order valence-electron chi connectivity index (χ2n) is 7.30. The number of aromatic nitrogens is 1. The van der Waals surface area contributed by atoms with E-state index in [0.29, 0.717) is 40.4 Å². The Morgan fingerprint density at radius 2 is 2.03 bits per heavy atom. The van der Waals surface area contributed by atoms with Gasteiger partial charge in [-0.15, -0.1) is 0 Å². The summed E-state index contributed by atoms with van der Waals surface area (Å²) >= 11 is 0. The Morgan fingerprint density at radius 3 is 2.58 bits per heavy atom. The zero-order valence-corrected chi connectivity index (χ0v) is 18.4. The van der Waals surface area contributed by atoms with E-state index in [1.165, 1.54) is 18.4 Å². The molecule has 1 aliphatic carbocycles. The lowest BCUT2D eigenvalue weighted by atomic mass is 10.0. The van der Waals surface area contributed by atoms with Crippen molar-refractivity contribution in [3.63, 3.8) is 0 Å². The molecule has 1 atom stereocenters. The van der Waals surface area contributed by atoms with Crippen LogP contribution in [0.5, 0.6) is 0 Å². The van der Waals surface area contributed by atoms with E-state index >= 15 is 0 Å². The molecule has 1 aromatic carbocycles. The van der Waals surface area contributed by atoms with Crippen LogP contribution in [-0.4, -0.2) is 37.0 Å². The lowest BCUT2D eigenvalue weighted by molar-refractivity contribution is -0.148. The summed E-state index contributed by atoms with van der Waals surface area (Å²) in [6.45, 7) is 3.58. The van der Waals surface area contributed by atoms with Gasteiger partial charge in [0.05, 0.1) is 6.61 Å². The van der Waals surface area contributed by atoms with E-state index in [1.54, 1.807) is 48.8 Å². The maximum Gasteiger partial charge on any atom is 0.330 e. The van der Waals surface area contributed by atoms with E-state index in [1.807, 2.05) is 5.48 Å². The summed E-state index contributed by atoms with van der Waals surface area (Å²) in [4.78, 5) is 12.7. The maximum atomic E-state index is 14.0. The third kappa shape index (κ3) is 4.79. The van der Waals surface area contributed by atoms with Crippen LogP contribution in [0.1, 0.15) is 42.8 Å². The highest BCUT2D eigenvalue weighted by molar-refractivity contribution is 7.94. The Labute approximate surface area is 180 Å². The first-order chi connectivity index (χ1) is 14.7. The van der Waals surface area contributed by atoms with Crippen molar-refractivity contribution in [2.24, 2.45) is 0 Å². The largest absolute Gasteiger partial charge is 0.465 e. The number of sulfone groups is 1. The molecule has 0 unspecified atom stereocenters. The summed E-state index contributed by atoms with van der Waals surface area (Å²) in [6, 6.07) is 6.62. The smallest absolute Gasteiger partial charge is 0.330 e. The van der Waals surface area contributed by atoms with E-state index in [-0.39, 0.29) is 6.61 Å². The molecule has 2 N–H and O–H groups in total. The van der Waals surface area contributed by atoms with E-state index in [2.05, 4.69) is 0 Å². The van der Waals surface area contributed by atoms with Gasteiger partial charge in [-0.1, -0.05) is 12.1 Å². The lowest BCUT2D eigenvalue weighted by Gasteiger charge is -2.18. The van der Waals surface area contributed by atoms with Crippen molar-refractivity contribution < 1.29 is 27.5 Å². The molecule has 3 rings (SSSR count). The summed E-state index contributed by atoms with van der Waals surface area (Å²) in [7, 11) is -3.28. The molecule has 0 bridgehead atoms. The van der Waals surface area contributed by atoms with Crippen molar-refractivity contribution in [2.45, 2.75) is 32.7 Å². The normalized spacial score (nSPS) is 15.3. The van der Waals surface area contributed by atoms with Gasteiger partial charge in [0.1, 0.15) is 5.82 Å². The van der Waals surface area contributed by atoms with Crippen molar-refractivity contribution in [2.75, 3.05) is 12.9 Å². The number of rotatable bonds is 7. The topological polar surface area (TPSA) is 97.6 Å². The highest BCUT2D eigenvalue weighted by Crippen LogP contribution is 2.35. The van der Waals surface area contributed by atoms with Crippen LogP contribution in [-0.2, 0) is 19.4 Å². The summed E-state index contributed by atoms with van der Waals surface area (Å²) in [6.07, 6.45) is 5.26. The second-order valence-corrected chi connectivity index (χ2v) is 9.37. The number of halogens is 1. The number of hydrogen-bond donors (Lipinski definition) is 2. The minimum atomic E-state index is -3.28. The number of nitrogens with zero attached hydrogens (tertiary/aromatic N) is 1. The quantitative estimate of drug-likeness (QED) is 0.496. The zero-order chi connectivity index (χ0) is 22.8. The Bertz CT molecular complexity index is 1160. The van der Waals surface area contributed by atoms with Crippen molar-refractivity contribution in [3.05, 3.63) is 70.2 Å². The molecule has 0 saturated heterocycles. The number of carbonyl (C=O) groups is 1. The predicted molar refractivity (Wildman–Crippen MR) is 115 cm³/mol. The fourth-order valence-electron chi connectivity index (χ4n) is 3.72. The van der Waals surface area contributed by atoms with Gasteiger partial charge in [-0.05, 0) is 62.6 Å². The van der Waals surface area contributed by atoms with Gasteiger partial charge in [0.25, 0.3) is 0 Å². The Kier molecular flexibility index (Phi) is 6.78. The number of nitrogens with one attached hydrogen (secondary N) is 1. The standard InChI is InChI=1S/C22H25FN2O5S/c1-4-30-22(26)21(24-27)19-13-20(15-8-10-18(11-9-15)31(3,28)29)25(14(19)2)17-7-5-6-16(23)12-17/h5-8,10,12-13,21,24,27H,4,9,11H2,1-3H3/t21-/m1/s1. The molecule has 0 saturated carbocycles. The van der Waals surface area contributed by atoms with E-state index in [4.69, 9.17) is 4.74 Å². The van der Waals surface area contributed by atoms with Crippen molar-refractivity contribution >= 4 is 21.4 Å². The molecular formula is C22H25FN2O5S. The molecule has 31 heavy (non-hydrogen) atoms. The number of ether oxygens (including phenoxy) is 1. The molecule has 1 aromatic heterocycles. The molecule has 0 radical (unpaired) electrons. The van der Waals surface area contributed by atoms with Gasteiger partial charge in [-0.25, -0.2) is 17.6 Å². The molecule has 166 valence electrons. The maximum absolute atomic E-state index is 14.0. The van der Waals surface area contributed by atoms with Crippen LogP contribution in [0.2, 0.25) is 0 Å². The Hall–Kier alpha value is -2.75. The minimum absolute atomic E-state index is 0.151. The Balaban J connectivity index is 2.19. The molecular weight excluding hydrogens is 423 g/mol. The first-order valence-electron chi connectivity index (χ1n) is 9.82. The number of hydrogen-bond acceptors (Lipinski definition) is 6. The predicted octanol–water partition coefficient (Wildman–Crippen LogP) is 3.61.